The average Bonchev–Trinajstić information content (AvgIpc) is 2.72. The van der Waals surface area contributed by atoms with Crippen LogP contribution in [0.1, 0.15) is 63.4 Å². The van der Waals surface area contributed by atoms with E-state index in [1.807, 2.05) is 30.5 Å². The van der Waals surface area contributed by atoms with Crippen LogP contribution in [0.5, 0.6) is 0 Å². The van der Waals surface area contributed by atoms with E-state index in [-0.39, 0.29) is 6.42 Å². The molecular formula is C25H32N2O2. The van der Waals surface area contributed by atoms with Crippen LogP contribution in [0.15, 0.2) is 54.3 Å². The molecule has 1 heterocycles. The van der Waals surface area contributed by atoms with Crippen molar-refractivity contribution in [1.82, 2.24) is 9.97 Å². The number of nitrogens with zero attached hydrogens (tertiary/aromatic N) is 2. The van der Waals surface area contributed by atoms with Gasteiger partial charge in [0.05, 0.1) is 23.5 Å². The first kappa shape index (κ1) is 22.5. The van der Waals surface area contributed by atoms with Gasteiger partial charge in [0.15, 0.2) is 0 Å². The molecule has 2 rings (SSSR count). The van der Waals surface area contributed by atoms with Gasteiger partial charge in [0.2, 0.25) is 0 Å². The van der Waals surface area contributed by atoms with E-state index in [1.54, 1.807) is 0 Å². The zero-order valence-electron chi connectivity index (χ0n) is 17.8. The van der Waals surface area contributed by atoms with Crippen molar-refractivity contribution in [3.05, 3.63) is 71.2 Å². The summed E-state index contributed by atoms with van der Waals surface area (Å²) in [6.07, 6.45) is 14.4. The molecule has 0 atom stereocenters. The van der Waals surface area contributed by atoms with E-state index >= 15 is 0 Å². The fraction of sp³-hybridized carbons (Fsp3) is 0.400. The van der Waals surface area contributed by atoms with Crippen LogP contribution in [0.2, 0.25) is 0 Å². The lowest BCUT2D eigenvalue weighted by atomic mass is 10.0. The Balaban J connectivity index is 2.32. The average molecular weight is 393 g/mol. The molecule has 1 aromatic carbocycles. The number of aliphatic carboxylic acids is 1. The molecule has 154 valence electrons. The predicted molar refractivity (Wildman–Crippen MR) is 119 cm³/mol. The summed E-state index contributed by atoms with van der Waals surface area (Å²) in [6.45, 7) is 6.48. The van der Waals surface area contributed by atoms with Crippen molar-refractivity contribution < 1.29 is 9.90 Å². The third kappa shape index (κ3) is 7.30. The number of aryl methyl sites for hydroxylation is 1. The summed E-state index contributed by atoms with van der Waals surface area (Å²) in [7, 11) is 0. The minimum atomic E-state index is -0.822. The zero-order chi connectivity index (χ0) is 21.1. The van der Waals surface area contributed by atoms with Crippen LogP contribution in [0.3, 0.4) is 0 Å². The van der Waals surface area contributed by atoms with Crippen LogP contribution in [-0.2, 0) is 24.1 Å². The Morgan fingerprint density at radius 3 is 2.52 bits per heavy atom. The molecule has 0 saturated carbocycles. The van der Waals surface area contributed by atoms with Gasteiger partial charge >= 0.3 is 5.97 Å². The second kappa shape index (κ2) is 11.9. The van der Waals surface area contributed by atoms with Crippen molar-refractivity contribution in [3.8, 4) is 11.3 Å². The van der Waals surface area contributed by atoms with Crippen molar-refractivity contribution >= 4 is 5.97 Å². The standard InChI is InChI=1S/C25H32N2O2/c1-4-7-11-22-18-26-23(12-8-10-19(6-3)9-5-2)25(27-22)21-15-13-20(14-16-21)17-24(28)29/h8-10,13-16,18H,4-7,11-12,17H2,1-3H3,(H,28,29)/b10-8-,19-9-. The van der Waals surface area contributed by atoms with Crippen LogP contribution in [0, 0.1) is 0 Å². The zero-order valence-corrected chi connectivity index (χ0v) is 17.8. The van der Waals surface area contributed by atoms with Crippen molar-refractivity contribution in [1.29, 1.82) is 0 Å². The highest BCUT2D eigenvalue weighted by Gasteiger charge is 2.10. The maximum Gasteiger partial charge on any atom is 0.307 e. The van der Waals surface area contributed by atoms with E-state index in [2.05, 4.69) is 39.0 Å². The number of hydrogen-bond acceptors (Lipinski definition) is 3. The number of carbonyl (C=O) groups is 1. The molecule has 0 aliphatic carbocycles. The number of carboxylic acid groups (broad SMARTS) is 1. The van der Waals surface area contributed by atoms with Crippen LogP contribution >= 0.6 is 0 Å². The summed E-state index contributed by atoms with van der Waals surface area (Å²) in [4.78, 5) is 20.6. The Morgan fingerprint density at radius 1 is 1.14 bits per heavy atom. The molecule has 4 heteroatoms. The number of hydrogen-bond donors (Lipinski definition) is 1. The van der Waals surface area contributed by atoms with Crippen molar-refractivity contribution in [2.24, 2.45) is 0 Å². The first-order valence-electron chi connectivity index (χ1n) is 10.6. The second-order valence-electron chi connectivity index (χ2n) is 7.17. The molecule has 29 heavy (non-hydrogen) atoms. The number of benzene rings is 1. The van der Waals surface area contributed by atoms with Gasteiger partial charge < -0.3 is 5.11 Å². The summed E-state index contributed by atoms with van der Waals surface area (Å²) in [5.74, 6) is -0.822. The van der Waals surface area contributed by atoms with Crippen LogP contribution < -0.4 is 0 Å². The Bertz CT molecular complexity index is 852. The van der Waals surface area contributed by atoms with Gasteiger partial charge in [-0.25, -0.2) is 4.98 Å². The SMILES string of the molecule is CC/C=C(\C=C/Cc1ncc(CCCC)nc1-c1ccc(CC(=O)O)cc1)CC. The fourth-order valence-corrected chi connectivity index (χ4v) is 3.18. The smallest absolute Gasteiger partial charge is 0.307 e. The van der Waals surface area contributed by atoms with E-state index in [0.29, 0.717) is 6.42 Å². The molecule has 2 aromatic rings. The highest BCUT2D eigenvalue weighted by Crippen LogP contribution is 2.23. The lowest BCUT2D eigenvalue weighted by Gasteiger charge is -2.10. The highest BCUT2D eigenvalue weighted by atomic mass is 16.4. The molecule has 0 unspecified atom stereocenters. The Kier molecular flexibility index (Phi) is 9.29. The van der Waals surface area contributed by atoms with Gasteiger partial charge in [-0.3, -0.25) is 9.78 Å². The lowest BCUT2D eigenvalue weighted by molar-refractivity contribution is -0.136. The lowest BCUT2D eigenvalue weighted by Crippen LogP contribution is -2.02. The maximum atomic E-state index is 10.9. The third-order valence-corrected chi connectivity index (χ3v) is 4.79. The van der Waals surface area contributed by atoms with Gasteiger partial charge in [-0.2, -0.15) is 0 Å². The first-order chi connectivity index (χ1) is 14.1. The van der Waals surface area contributed by atoms with Crippen LogP contribution in [-0.4, -0.2) is 21.0 Å². The third-order valence-electron chi connectivity index (χ3n) is 4.79. The molecule has 0 bridgehead atoms. The normalized spacial score (nSPS) is 11.9. The molecule has 4 nitrogen and oxygen atoms in total. The van der Waals surface area contributed by atoms with E-state index in [1.165, 1.54) is 5.57 Å². The van der Waals surface area contributed by atoms with Gasteiger partial charge in [-0.05, 0) is 31.2 Å². The van der Waals surface area contributed by atoms with E-state index in [9.17, 15) is 4.79 Å². The molecule has 0 aliphatic heterocycles. The molecule has 0 spiro atoms. The van der Waals surface area contributed by atoms with Gasteiger partial charge in [0, 0.05) is 18.2 Å². The largest absolute Gasteiger partial charge is 0.481 e. The summed E-state index contributed by atoms with van der Waals surface area (Å²) in [5, 5.41) is 8.98. The quantitative estimate of drug-likeness (QED) is 0.479. The molecule has 0 fully saturated rings. The number of carboxylic acids is 1. The van der Waals surface area contributed by atoms with Gasteiger partial charge in [-0.1, -0.05) is 75.3 Å². The van der Waals surface area contributed by atoms with Gasteiger partial charge in [0.25, 0.3) is 0 Å². The number of aromatic nitrogens is 2. The summed E-state index contributed by atoms with van der Waals surface area (Å²) < 4.78 is 0. The monoisotopic (exact) mass is 392 g/mol. The summed E-state index contributed by atoms with van der Waals surface area (Å²) in [6, 6.07) is 7.63. The molecule has 0 saturated heterocycles. The molecule has 1 aromatic heterocycles. The summed E-state index contributed by atoms with van der Waals surface area (Å²) >= 11 is 0. The molecule has 0 aliphatic rings. The van der Waals surface area contributed by atoms with Crippen molar-refractivity contribution in [2.75, 3.05) is 0 Å². The minimum Gasteiger partial charge on any atom is -0.481 e. The number of rotatable bonds is 11. The molecule has 0 amide bonds. The number of unbranched alkanes of at least 4 members (excludes halogenated alkanes) is 1. The van der Waals surface area contributed by atoms with Gasteiger partial charge in [-0.15, -0.1) is 0 Å². The maximum absolute atomic E-state index is 10.9. The topological polar surface area (TPSA) is 63.1 Å². The fourth-order valence-electron chi connectivity index (χ4n) is 3.18. The van der Waals surface area contributed by atoms with E-state index in [0.717, 1.165) is 60.3 Å². The Labute approximate surface area is 174 Å². The Hall–Kier alpha value is -2.75. The number of allylic oxidation sites excluding steroid dienone is 4. The van der Waals surface area contributed by atoms with Crippen molar-refractivity contribution in [3.63, 3.8) is 0 Å². The first-order valence-corrected chi connectivity index (χ1v) is 10.6. The molecule has 1 N–H and O–H groups in total. The predicted octanol–water partition coefficient (Wildman–Crippen LogP) is 5.96. The van der Waals surface area contributed by atoms with E-state index < -0.39 is 5.97 Å². The Morgan fingerprint density at radius 2 is 1.90 bits per heavy atom. The summed E-state index contributed by atoms with van der Waals surface area (Å²) in [5.41, 5.74) is 5.94. The highest BCUT2D eigenvalue weighted by molar-refractivity contribution is 5.71. The minimum absolute atomic E-state index is 0.0294. The van der Waals surface area contributed by atoms with Crippen molar-refractivity contribution in [2.45, 2.75) is 65.7 Å². The second-order valence-corrected chi connectivity index (χ2v) is 7.17. The van der Waals surface area contributed by atoms with E-state index in [4.69, 9.17) is 15.1 Å². The molecule has 0 radical (unpaired) electrons. The van der Waals surface area contributed by atoms with Gasteiger partial charge in [0.1, 0.15) is 0 Å². The van der Waals surface area contributed by atoms with Crippen LogP contribution in [0.25, 0.3) is 11.3 Å². The molecular weight excluding hydrogens is 360 g/mol. The van der Waals surface area contributed by atoms with Crippen LogP contribution in [0.4, 0.5) is 0 Å².